The fourth-order valence-electron chi connectivity index (χ4n) is 2.01. The molecule has 2 aliphatic heterocycles. The highest BCUT2D eigenvalue weighted by Crippen LogP contribution is 2.34. The number of hydrogen-bond acceptors (Lipinski definition) is 5. The molecule has 0 aromatic carbocycles. The number of fused-ring (bicyclic) bond motifs is 1. The molecular formula is C9H15NO4. The smallest absolute Gasteiger partial charge is 0.340 e. The number of rotatable bonds is 1. The van der Waals surface area contributed by atoms with Gasteiger partial charge in [-0.15, -0.1) is 0 Å². The summed E-state index contributed by atoms with van der Waals surface area (Å²) in [6, 6.07) is 0.285. The van der Waals surface area contributed by atoms with Gasteiger partial charge in [-0.3, -0.25) is 4.84 Å². The summed E-state index contributed by atoms with van der Waals surface area (Å²) in [5, 5.41) is 1.74. The van der Waals surface area contributed by atoms with Crippen molar-refractivity contribution in [2.75, 3.05) is 20.4 Å². The molecule has 0 aromatic heterocycles. The van der Waals surface area contributed by atoms with Crippen LogP contribution in [-0.2, 0) is 19.1 Å². The van der Waals surface area contributed by atoms with Crippen LogP contribution < -0.4 is 0 Å². The van der Waals surface area contributed by atoms with Gasteiger partial charge in [-0.05, 0) is 13.3 Å². The molecule has 2 heterocycles. The van der Waals surface area contributed by atoms with Gasteiger partial charge in [0, 0.05) is 12.5 Å². The molecule has 0 aromatic rings. The molecule has 2 saturated heterocycles. The monoisotopic (exact) mass is 201 g/mol. The summed E-state index contributed by atoms with van der Waals surface area (Å²) in [5.41, 5.74) is -0.826. The van der Waals surface area contributed by atoms with Gasteiger partial charge in [-0.2, -0.15) is 5.06 Å². The van der Waals surface area contributed by atoms with E-state index in [2.05, 4.69) is 0 Å². The molecule has 2 fully saturated rings. The number of hydroxylamine groups is 2. The summed E-state index contributed by atoms with van der Waals surface area (Å²) in [7, 11) is 1.38. The predicted octanol–water partition coefficient (Wildman–Crippen LogP) is 0.302. The van der Waals surface area contributed by atoms with Crippen molar-refractivity contribution in [2.24, 2.45) is 0 Å². The quantitative estimate of drug-likeness (QED) is 0.571. The Hall–Kier alpha value is -0.650. The number of carbonyl (C=O) groups is 1. The van der Waals surface area contributed by atoms with Crippen LogP contribution in [0.2, 0.25) is 0 Å². The lowest BCUT2D eigenvalue weighted by molar-refractivity contribution is -0.255. The van der Waals surface area contributed by atoms with E-state index in [1.54, 1.807) is 12.0 Å². The van der Waals surface area contributed by atoms with Crippen molar-refractivity contribution < 1.29 is 19.1 Å². The Balaban J connectivity index is 2.07. The second kappa shape index (κ2) is 3.49. The molecule has 0 amide bonds. The van der Waals surface area contributed by atoms with Gasteiger partial charge in [0.15, 0.2) is 5.60 Å². The molecule has 0 N–H and O–H groups in total. The van der Waals surface area contributed by atoms with Gasteiger partial charge < -0.3 is 9.47 Å². The van der Waals surface area contributed by atoms with E-state index in [1.807, 2.05) is 0 Å². The fourth-order valence-corrected chi connectivity index (χ4v) is 2.01. The molecule has 0 radical (unpaired) electrons. The molecule has 80 valence electrons. The Labute approximate surface area is 82.9 Å². The lowest BCUT2D eigenvalue weighted by Gasteiger charge is -2.27. The average molecular weight is 201 g/mol. The number of esters is 1. The topological polar surface area (TPSA) is 48.0 Å². The molecular weight excluding hydrogens is 186 g/mol. The van der Waals surface area contributed by atoms with Gasteiger partial charge in [-0.1, -0.05) is 0 Å². The number of nitrogens with zero attached hydrogens (tertiary/aromatic N) is 1. The van der Waals surface area contributed by atoms with Gasteiger partial charge >= 0.3 is 5.97 Å². The molecule has 14 heavy (non-hydrogen) atoms. The van der Waals surface area contributed by atoms with E-state index in [-0.39, 0.29) is 12.0 Å². The van der Waals surface area contributed by atoms with Crippen LogP contribution in [0.5, 0.6) is 0 Å². The Morgan fingerprint density at radius 1 is 1.64 bits per heavy atom. The first-order valence-corrected chi connectivity index (χ1v) is 4.78. The first kappa shape index (κ1) is 9.89. The van der Waals surface area contributed by atoms with E-state index in [0.29, 0.717) is 13.2 Å². The maximum Gasteiger partial charge on any atom is 0.340 e. The third-order valence-corrected chi connectivity index (χ3v) is 2.78. The van der Waals surface area contributed by atoms with Crippen LogP contribution in [0.1, 0.15) is 19.8 Å². The maximum atomic E-state index is 11.5. The van der Waals surface area contributed by atoms with Crippen molar-refractivity contribution in [3.63, 3.8) is 0 Å². The molecule has 5 nitrogen and oxygen atoms in total. The summed E-state index contributed by atoms with van der Waals surface area (Å²) < 4.78 is 9.95. The predicted molar refractivity (Wildman–Crippen MR) is 47.2 cm³/mol. The molecule has 2 aliphatic rings. The zero-order valence-corrected chi connectivity index (χ0v) is 8.49. The first-order chi connectivity index (χ1) is 6.65. The van der Waals surface area contributed by atoms with Crippen LogP contribution in [0.4, 0.5) is 0 Å². The molecule has 0 saturated carbocycles. The van der Waals surface area contributed by atoms with Crippen molar-refractivity contribution >= 4 is 5.97 Å². The second-order valence-corrected chi connectivity index (χ2v) is 3.91. The zero-order chi connectivity index (χ0) is 10.2. The van der Waals surface area contributed by atoms with Crippen molar-refractivity contribution in [3.05, 3.63) is 0 Å². The lowest BCUT2D eigenvalue weighted by atomic mass is 9.97. The van der Waals surface area contributed by atoms with E-state index < -0.39 is 5.60 Å². The van der Waals surface area contributed by atoms with Crippen molar-refractivity contribution in [2.45, 2.75) is 31.4 Å². The van der Waals surface area contributed by atoms with E-state index in [9.17, 15) is 4.79 Å². The molecule has 0 spiro atoms. The number of ether oxygens (including phenoxy) is 2. The molecule has 5 heteroatoms. The van der Waals surface area contributed by atoms with Crippen LogP contribution in [0.15, 0.2) is 0 Å². The highest BCUT2D eigenvalue weighted by Gasteiger charge is 2.49. The van der Waals surface area contributed by atoms with Crippen LogP contribution in [-0.4, -0.2) is 43.1 Å². The molecule has 0 aliphatic carbocycles. The minimum atomic E-state index is -0.826. The molecule has 2 rings (SSSR count). The summed E-state index contributed by atoms with van der Waals surface area (Å²) in [6.07, 6.45) is 1.59. The lowest BCUT2D eigenvalue weighted by Crippen LogP contribution is -2.38. The fraction of sp³-hybridized carbons (Fsp3) is 0.889. The van der Waals surface area contributed by atoms with E-state index >= 15 is 0 Å². The zero-order valence-electron chi connectivity index (χ0n) is 8.49. The van der Waals surface area contributed by atoms with Crippen molar-refractivity contribution in [1.29, 1.82) is 0 Å². The van der Waals surface area contributed by atoms with Crippen molar-refractivity contribution in [3.8, 4) is 0 Å². The Bertz CT molecular complexity index is 229. The standard InChI is InChI=1S/C9H15NO4/c1-9(8(11)12-2)5-7-3-4-13-6-10(7)14-9/h7H,3-6H2,1-2H3/t7-,9+/m0/s1. The van der Waals surface area contributed by atoms with Gasteiger partial charge in [-0.25, -0.2) is 4.79 Å². The van der Waals surface area contributed by atoms with Crippen LogP contribution in [0, 0.1) is 0 Å². The van der Waals surface area contributed by atoms with E-state index in [1.165, 1.54) is 7.11 Å². The maximum absolute atomic E-state index is 11.5. The van der Waals surface area contributed by atoms with Gasteiger partial charge in [0.1, 0.15) is 6.73 Å². The van der Waals surface area contributed by atoms with Gasteiger partial charge in [0.25, 0.3) is 0 Å². The average Bonchev–Trinajstić information content (AvgIpc) is 2.54. The largest absolute Gasteiger partial charge is 0.467 e. The van der Waals surface area contributed by atoms with Crippen LogP contribution >= 0.6 is 0 Å². The minimum absolute atomic E-state index is 0.285. The minimum Gasteiger partial charge on any atom is -0.467 e. The summed E-state index contributed by atoms with van der Waals surface area (Å²) in [6.45, 7) is 2.94. The number of hydrogen-bond donors (Lipinski definition) is 0. The van der Waals surface area contributed by atoms with E-state index in [0.717, 1.165) is 13.0 Å². The van der Waals surface area contributed by atoms with Crippen molar-refractivity contribution in [1.82, 2.24) is 5.06 Å². The van der Waals surface area contributed by atoms with Gasteiger partial charge in [0.2, 0.25) is 0 Å². The van der Waals surface area contributed by atoms with Crippen LogP contribution in [0.3, 0.4) is 0 Å². The molecule has 0 bridgehead atoms. The van der Waals surface area contributed by atoms with E-state index in [4.69, 9.17) is 14.3 Å². The Morgan fingerprint density at radius 3 is 3.07 bits per heavy atom. The number of methoxy groups -OCH3 is 1. The first-order valence-electron chi connectivity index (χ1n) is 4.78. The van der Waals surface area contributed by atoms with Gasteiger partial charge in [0.05, 0.1) is 13.7 Å². The highest BCUT2D eigenvalue weighted by atomic mass is 16.7. The summed E-state index contributed by atoms with van der Waals surface area (Å²) >= 11 is 0. The number of carbonyl (C=O) groups excluding carboxylic acids is 1. The Kier molecular flexibility index (Phi) is 2.47. The highest BCUT2D eigenvalue weighted by molar-refractivity contribution is 5.79. The normalized spacial score (nSPS) is 38.0. The molecule has 2 atom stereocenters. The summed E-state index contributed by atoms with van der Waals surface area (Å²) in [5.74, 6) is -0.313. The molecule has 0 unspecified atom stereocenters. The second-order valence-electron chi connectivity index (χ2n) is 3.91. The summed E-state index contributed by atoms with van der Waals surface area (Å²) in [4.78, 5) is 17.0. The van der Waals surface area contributed by atoms with Crippen LogP contribution in [0.25, 0.3) is 0 Å². The Morgan fingerprint density at radius 2 is 2.43 bits per heavy atom. The third kappa shape index (κ3) is 1.51. The third-order valence-electron chi connectivity index (χ3n) is 2.78. The SMILES string of the molecule is COC(=O)[C@@]1(C)C[C@@H]2CCOCN2O1.